The van der Waals surface area contributed by atoms with E-state index in [-0.39, 0.29) is 5.91 Å². The first-order valence-corrected chi connectivity index (χ1v) is 6.91. The van der Waals surface area contributed by atoms with Crippen LogP contribution in [-0.4, -0.2) is 32.7 Å². The van der Waals surface area contributed by atoms with E-state index >= 15 is 0 Å². The highest BCUT2D eigenvalue weighted by atomic mass is 16.5. The monoisotopic (exact) mass is 260 g/mol. The highest BCUT2D eigenvalue weighted by molar-refractivity contribution is 5.94. The predicted octanol–water partition coefficient (Wildman–Crippen LogP) is 1.35. The van der Waals surface area contributed by atoms with Gasteiger partial charge >= 0.3 is 0 Å². The maximum absolute atomic E-state index is 12.2. The Bertz CT molecular complexity index is 495. The van der Waals surface area contributed by atoms with Crippen LogP contribution < -0.4 is 15.4 Å². The number of carbonyl (C=O) groups is 1. The summed E-state index contributed by atoms with van der Waals surface area (Å²) in [7, 11) is 1.96. The van der Waals surface area contributed by atoms with Gasteiger partial charge in [-0.1, -0.05) is 0 Å². The van der Waals surface area contributed by atoms with E-state index in [9.17, 15) is 4.79 Å². The molecule has 0 saturated heterocycles. The molecule has 2 aliphatic rings. The molecule has 0 bridgehead atoms. The smallest absolute Gasteiger partial charge is 0.251 e. The van der Waals surface area contributed by atoms with Gasteiger partial charge in [0.05, 0.1) is 6.61 Å². The quantitative estimate of drug-likeness (QED) is 0.840. The molecule has 1 aliphatic carbocycles. The second kappa shape index (κ2) is 4.85. The molecule has 1 amide bonds. The highest BCUT2D eigenvalue weighted by Gasteiger charge is 2.41. The number of hydrogen-bond donors (Lipinski definition) is 2. The number of ether oxygens (including phenoxy) is 1. The molecule has 1 saturated carbocycles. The lowest BCUT2D eigenvalue weighted by atomic mass is 10.1. The number of rotatable bonds is 5. The summed E-state index contributed by atoms with van der Waals surface area (Å²) in [5.74, 6) is 0.947. The predicted molar refractivity (Wildman–Crippen MR) is 73.6 cm³/mol. The van der Waals surface area contributed by atoms with Crippen molar-refractivity contribution in [3.05, 3.63) is 29.3 Å². The number of benzene rings is 1. The summed E-state index contributed by atoms with van der Waals surface area (Å²) in [6, 6.07) is 5.70. The Hall–Kier alpha value is -1.55. The van der Waals surface area contributed by atoms with Gasteiger partial charge in [0.15, 0.2) is 0 Å². The molecule has 0 spiro atoms. The zero-order valence-corrected chi connectivity index (χ0v) is 11.3. The van der Waals surface area contributed by atoms with E-state index in [1.165, 1.54) is 12.8 Å². The first-order chi connectivity index (χ1) is 9.22. The molecule has 0 aromatic heterocycles. The second-order valence-corrected chi connectivity index (χ2v) is 5.63. The lowest BCUT2D eigenvalue weighted by molar-refractivity contribution is 0.0944. The highest BCUT2D eigenvalue weighted by Crippen LogP contribution is 2.44. The second-order valence-electron chi connectivity index (χ2n) is 5.63. The lowest BCUT2D eigenvalue weighted by Crippen LogP contribution is -2.34. The fraction of sp³-hybridized carbons (Fsp3) is 0.533. The van der Waals surface area contributed by atoms with E-state index in [4.69, 9.17) is 4.74 Å². The van der Waals surface area contributed by atoms with Crippen molar-refractivity contribution in [3.8, 4) is 5.75 Å². The molecule has 0 radical (unpaired) electrons. The number of carbonyl (C=O) groups excluding carboxylic acids is 1. The maximum Gasteiger partial charge on any atom is 0.251 e. The summed E-state index contributed by atoms with van der Waals surface area (Å²) in [6.07, 6.45) is 3.30. The molecular weight excluding hydrogens is 240 g/mol. The Morgan fingerprint density at radius 2 is 2.21 bits per heavy atom. The largest absolute Gasteiger partial charge is 0.493 e. The minimum absolute atomic E-state index is 0.0251. The van der Waals surface area contributed by atoms with Gasteiger partial charge in [-0.2, -0.15) is 0 Å². The Balaban J connectivity index is 1.61. The normalized spacial score (nSPS) is 18.6. The van der Waals surface area contributed by atoms with E-state index in [2.05, 4.69) is 10.6 Å². The van der Waals surface area contributed by atoms with Crippen molar-refractivity contribution in [2.24, 2.45) is 5.41 Å². The third kappa shape index (κ3) is 2.59. The average molecular weight is 260 g/mol. The van der Waals surface area contributed by atoms with E-state index in [1.54, 1.807) is 0 Å². The third-order valence-corrected chi connectivity index (χ3v) is 4.08. The summed E-state index contributed by atoms with van der Waals surface area (Å²) >= 11 is 0. The summed E-state index contributed by atoms with van der Waals surface area (Å²) in [5, 5.41) is 6.26. The van der Waals surface area contributed by atoms with Crippen LogP contribution in [0.1, 0.15) is 28.8 Å². The van der Waals surface area contributed by atoms with Gasteiger partial charge in [0.2, 0.25) is 0 Å². The Kier molecular flexibility index (Phi) is 3.19. The van der Waals surface area contributed by atoms with Gasteiger partial charge in [-0.25, -0.2) is 0 Å². The summed E-state index contributed by atoms with van der Waals surface area (Å²) in [6.45, 7) is 2.47. The van der Waals surface area contributed by atoms with Crippen LogP contribution in [0.4, 0.5) is 0 Å². The molecule has 1 heterocycles. The summed E-state index contributed by atoms with van der Waals surface area (Å²) in [4.78, 5) is 12.2. The van der Waals surface area contributed by atoms with E-state index in [1.807, 2.05) is 25.2 Å². The molecule has 19 heavy (non-hydrogen) atoms. The zero-order valence-electron chi connectivity index (χ0n) is 11.3. The van der Waals surface area contributed by atoms with Gasteiger partial charge in [-0.15, -0.1) is 0 Å². The Labute approximate surface area is 113 Å². The SMILES string of the molecule is CNCC1(CNC(=O)c2ccc3c(c2)CCO3)CC1. The van der Waals surface area contributed by atoms with Crippen molar-refractivity contribution in [2.45, 2.75) is 19.3 Å². The number of fused-ring (bicyclic) bond motifs is 1. The van der Waals surface area contributed by atoms with Crippen molar-refractivity contribution in [1.29, 1.82) is 0 Å². The molecule has 0 atom stereocenters. The first kappa shape index (κ1) is 12.5. The van der Waals surface area contributed by atoms with Crippen LogP contribution in [0.25, 0.3) is 0 Å². The van der Waals surface area contributed by atoms with Crippen molar-refractivity contribution in [2.75, 3.05) is 26.7 Å². The molecule has 2 N–H and O–H groups in total. The molecule has 1 aliphatic heterocycles. The topological polar surface area (TPSA) is 50.4 Å². The number of hydrogen-bond acceptors (Lipinski definition) is 3. The van der Waals surface area contributed by atoms with Gasteiger partial charge in [-0.3, -0.25) is 4.79 Å². The molecule has 4 nitrogen and oxygen atoms in total. The van der Waals surface area contributed by atoms with E-state index in [0.717, 1.165) is 43.0 Å². The fourth-order valence-corrected chi connectivity index (χ4v) is 2.67. The molecular formula is C15H20N2O2. The van der Waals surface area contributed by atoms with Crippen molar-refractivity contribution in [3.63, 3.8) is 0 Å². The molecule has 102 valence electrons. The molecule has 1 fully saturated rings. The van der Waals surface area contributed by atoms with Gasteiger partial charge in [-0.05, 0) is 43.7 Å². The van der Waals surface area contributed by atoms with Gasteiger partial charge in [0, 0.05) is 30.5 Å². The fourth-order valence-electron chi connectivity index (χ4n) is 2.67. The minimum atomic E-state index is 0.0251. The molecule has 1 aromatic rings. The number of nitrogens with one attached hydrogen (secondary N) is 2. The zero-order chi connectivity index (χ0) is 13.3. The maximum atomic E-state index is 12.2. The Morgan fingerprint density at radius 1 is 1.37 bits per heavy atom. The Morgan fingerprint density at radius 3 is 2.95 bits per heavy atom. The van der Waals surface area contributed by atoms with E-state index < -0.39 is 0 Å². The van der Waals surface area contributed by atoms with Crippen molar-refractivity contribution in [1.82, 2.24) is 10.6 Å². The molecule has 1 aromatic carbocycles. The summed E-state index contributed by atoms with van der Waals surface area (Å²) < 4.78 is 5.45. The average Bonchev–Trinajstić information content (AvgIpc) is 3.02. The minimum Gasteiger partial charge on any atom is -0.493 e. The van der Waals surface area contributed by atoms with Crippen LogP contribution in [0.5, 0.6) is 5.75 Å². The van der Waals surface area contributed by atoms with Crippen LogP contribution in [-0.2, 0) is 6.42 Å². The van der Waals surface area contributed by atoms with Crippen LogP contribution in [0.3, 0.4) is 0 Å². The standard InChI is InChI=1S/C15H20N2O2/c1-16-9-15(5-6-15)10-17-14(18)12-2-3-13-11(8-12)4-7-19-13/h2-3,8,16H,4-7,9-10H2,1H3,(H,17,18). The van der Waals surface area contributed by atoms with Crippen LogP contribution >= 0.6 is 0 Å². The van der Waals surface area contributed by atoms with Crippen molar-refractivity contribution >= 4 is 5.91 Å². The lowest BCUT2D eigenvalue weighted by Gasteiger charge is -2.15. The van der Waals surface area contributed by atoms with Crippen LogP contribution in [0.2, 0.25) is 0 Å². The first-order valence-electron chi connectivity index (χ1n) is 6.91. The molecule has 0 unspecified atom stereocenters. The van der Waals surface area contributed by atoms with Gasteiger partial charge < -0.3 is 15.4 Å². The molecule has 3 rings (SSSR count). The van der Waals surface area contributed by atoms with Gasteiger partial charge in [0.1, 0.15) is 5.75 Å². The van der Waals surface area contributed by atoms with Gasteiger partial charge in [0.25, 0.3) is 5.91 Å². The number of amides is 1. The van der Waals surface area contributed by atoms with E-state index in [0.29, 0.717) is 5.41 Å². The molecule has 4 heteroatoms. The summed E-state index contributed by atoms with van der Waals surface area (Å²) in [5.41, 5.74) is 2.18. The third-order valence-electron chi connectivity index (χ3n) is 4.08. The van der Waals surface area contributed by atoms with Crippen LogP contribution in [0.15, 0.2) is 18.2 Å². The van der Waals surface area contributed by atoms with Crippen molar-refractivity contribution < 1.29 is 9.53 Å². The van der Waals surface area contributed by atoms with Crippen LogP contribution in [0, 0.1) is 5.41 Å².